The molecule has 1 amide bonds. The van der Waals surface area contributed by atoms with Crippen LogP contribution in [0.3, 0.4) is 0 Å². The van der Waals surface area contributed by atoms with Gasteiger partial charge in [-0.25, -0.2) is 10.1 Å². The van der Waals surface area contributed by atoms with Gasteiger partial charge in [0.2, 0.25) is 0 Å². The van der Waals surface area contributed by atoms with Crippen LogP contribution in [0.1, 0.15) is 34.8 Å². The van der Waals surface area contributed by atoms with Gasteiger partial charge in [-0.05, 0) is 30.5 Å². The highest BCUT2D eigenvalue weighted by molar-refractivity contribution is 5.81. The molecule has 2 fully saturated rings. The Morgan fingerprint density at radius 2 is 1.97 bits per heavy atom. The highest BCUT2D eigenvalue weighted by atomic mass is 19.4. The minimum absolute atomic E-state index is 0.0573. The van der Waals surface area contributed by atoms with Crippen LogP contribution in [0.4, 0.5) is 19.0 Å². The molecule has 0 aromatic carbocycles. The summed E-state index contributed by atoms with van der Waals surface area (Å²) >= 11 is 0. The van der Waals surface area contributed by atoms with Gasteiger partial charge in [0.15, 0.2) is 0 Å². The summed E-state index contributed by atoms with van der Waals surface area (Å²) in [6.45, 7) is 3.07. The van der Waals surface area contributed by atoms with E-state index in [4.69, 9.17) is 10.00 Å². The Morgan fingerprint density at radius 3 is 2.64 bits per heavy atom. The fourth-order valence-electron chi connectivity index (χ4n) is 5.20. The largest absolute Gasteiger partial charge is 0.422 e. The molecule has 2 aromatic rings. The molecule has 2 atom stereocenters. The van der Waals surface area contributed by atoms with Gasteiger partial charge >= 0.3 is 6.18 Å². The number of morpholine rings is 1. The number of nitrogens with zero attached hydrogens (tertiary/aromatic N) is 6. The summed E-state index contributed by atoms with van der Waals surface area (Å²) in [5, 5.41) is 14.9. The number of ether oxygens (including phenoxy) is 1. The number of alkyl halides is 3. The molecule has 0 bridgehead atoms. The van der Waals surface area contributed by atoms with Gasteiger partial charge in [-0.3, -0.25) is 14.5 Å². The standard InChI is InChI=1S/C23H24F3N7O3/c24-23(25,26)19-15-2-3-16(20(15)29-30-21(19)34)33-9-10-36-17(13-33)22(35)32-7-5-31(6-8-32)18-4-1-14(11-27)12-28-18/h1,4,12,16-17H,2-3,5-10,13H2,(H,30,34)/t16?,17-/m0/s1. The molecule has 36 heavy (non-hydrogen) atoms. The first-order valence-corrected chi connectivity index (χ1v) is 11.7. The van der Waals surface area contributed by atoms with Crippen LogP contribution < -0.4 is 10.5 Å². The van der Waals surface area contributed by atoms with Crippen LogP contribution in [-0.4, -0.2) is 82.9 Å². The Kier molecular flexibility index (Phi) is 6.40. The van der Waals surface area contributed by atoms with Crippen LogP contribution >= 0.6 is 0 Å². The predicted molar refractivity (Wildman–Crippen MR) is 120 cm³/mol. The second kappa shape index (κ2) is 9.51. The van der Waals surface area contributed by atoms with Gasteiger partial charge in [-0.2, -0.15) is 23.5 Å². The Morgan fingerprint density at radius 1 is 1.19 bits per heavy atom. The van der Waals surface area contributed by atoms with Gasteiger partial charge in [-0.1, -0.05) is 0 Å². The van der Waals surface area contributed by atoms with E-state index < -0.39 is 29.4 Å². The number of hydrogen-bond donors (Lipinski definition) is 1. The van der Waals surface area contributed by atoms with E-state index in [1.807, 2.05) is 21.0 Å². The monoisotopic (exact) mass is 503 g/mol. The minimum Gasteiger partial charge on any atom is -0.366 e. The molecule has 10 nitrogen and oxygen atoms in total. The lowest BCUT2D eigenvalue weighted by molar-refractivity contribution is -0.151. The normalized spacial score (nSPS) is 22.8. The lowest BCUT2D eigenvalue weighted by Crippen LogP contribution is -2.56. The summed E-state index contributed by atoms with van der Waals surface area (Å²) in [7, 11) is 0. The molecule has 5 rings (SSSR count). The number of carbonyl (C=O) groups excluding carboxylic acids is 1. The molecule has 4 heterocycles. The molecule has 2 saturated heterocycles. The van der Waals surface area contributed by atoms with Crippen molar-refractivity contribution in [2.45, 2.75) is 31.2 Å². The fourth-order valence-corrected chi connectivity index (χ4v) is 5.20. The Bertz CT molecular complexity index is 1230. The van der Waals surface area contributed by atoms with Crippen molar-refractivity contribution in [3.05, 3.63) is 51.1 Å². The minimum atomic E-state index is -4.76. The summed E-state index contributed by atoms with van der Waals surface area (Å²) in [5.41, 5.74) is -1.76. The number of aromatic nitrogens is 3. The number of aromatic amines is 1. The molecule has 13 heteroatoms. The zero-order valence-electron chi connectivity index (χ0n) is 19.3. The topological polar surface area (TPSA) is 118 Å². The van der Waals surface area contributed by atoms with Crippen molar-refractivity contribution in [3.8, 4) is 6.07 Å². The third-order valence-electron chi connectivity index (χ3n) is 6.99. The molecule has 1 unspecified atom stereocenters. The van der Waals surface area contributed by atoms with Gasteiger partial charge in [-0.15, -0.1) is 0 Å². The van der Waals surface area contributed by atoms with Crippen molar-refractivity contribution in [2.75, 3.05) is 50.8 Å². The van der Waals surface area contributed by atoms with E-state index >= 15 is 0 Å². The zero-order valence-corrected chi connectivity index (χ0v) is 19.3. The predicted octanol–water partition coefficient (Wildman–Crippen LogP) is 1.09. The van der Waals surface area contributed by atoms with E-state index in [0.29, 0.717) is 44.7 Å². The Balaban J connectivity index is 1.23. The molecule has 0 spiro atoms. The number of H-pyrrole nitrogens is 1. The van der Waals surface area contributed by atoms with E-state index in [0.717, 1.165) is 5.82 Å². The van der Waals surface area contributed by atoms with Gasteiger partial charge in [0.05, 0.1) is 23.9 Å². The van der Waals surface area contributed by atoms with Crippen molar-refractivity contribution in [2.24, 2.45) is 0 Å². The number of hydrogen-bond acceptors (Lipinski definition) is 8. The summed E-state index contributed by atoms with van der Waals surface area (Å²) in [6.07, 6.45) is -3.48. The van der Waals surface area contributed by atoms with Crippen LogP contribution in [-0.2, 0) is 22.1 Å². The molecular weight excluding hydrogens is 479 g/mol. The number of carbonyl (C=O) groups is 1. The third kappa shape index (κ3) is 4.54. The Hall–Kier alpha value is -3.50. The molecule has 190 valence electrons. The number of nitriles is 1. The molecule has 1 N–H and O–H groups in total. The number of halogens is 3. The van der Waals surface area contributed by atoms with Gasteiger partial charge in [0.25, 0.3) is 11.5 Å². The smallest absolute Gasteiger partial charge is 0.366 e. The van der Waals surface area contributed by atoms with Crippen molar-refractivity contribution in [1.29, 1.82) is 5.26 Å². The second-order valence-corrected chi connectivity index (χ2v) is 9.03. The lowest BCUT2D eigenvalue weighted by Gasteiger charge is -2.40. The number of rotatable bonds is 3. The summed E-state index contributed by atoms with van der Waals surface area (Å²) in [6, 6.07) is 5.10. The highest BCUT2D eigenvalue weighted by Crippen LogP contribution is 2.40. The average Bonchev–Trinajstić information content (AvgIpc) is 3.31. The van der Waals surface area contributed by atoms with E-state index in [-0.39, 0.29) is 36.7 Å². The molecule has 1 aliphatic carbocycles. The number of anilines is 1. The van der Waals surface area contributed by atoms with Crippen molar-refractivity contribution in [1.82, 2.24) is 25.0 Å². The maximum absolute atomic E-state index is 13.5. The number of pyridine rings is 1. The van der Waals surface area contributed by atoms with E-state index in [9.17, 15) is 22.8 Å². The average molecular weight is 503 g/mol. The number of piperazine rings is 1. The molecule has 2 aromatic heterocycles. The molecule has 3 aliphatic rings. The second-order valence-electron chi connectivity index (χ2n) is 9.03. The van der Waals surface area contributed by atoms with Crippen molar-refractivity contribution < 1.29 is 22.7 Å². The van der Waals surface area contributed by atoms with Crippen LogP contribution in [0.5, 0.6) is 0 Å². The maximum atomic E-state index is 13.5. The summed E-state index contributed by atoms with van der Waals surface area (Å²) in [5.74, 6) is 0.584. The SMILES string of the molecule is N#Cc1ccc(N2CCN(C(=O)[C@@H]3CN(C4CCc5c4n[nH]c(=O)c5C(F)(F)F)CCO3)CC2)nc1. The van der Waals surface area contributed by atoms with Gasteiger partial charge in [0, 0.05) is 45.5 Å². The quantitative estimate of drug-likeness (QED) is 0.662. The molecular formula is C23H24F3N7O3. The first kappa shape index (κ1) is 24.2. The number of fused-ring (bicyclic) bond motifs is 1. The van der Waals surface area contributed by atoms with Crippen LogP contribution in [0.2, 0.25) is 0 Å². The van der Waals surface area contributed by atoms with Gasteiger partial charge in [0.1, 0.15) is 23.6 Å². The zero-order chi connectivity index (χ0) is 25.4. The summed E-state index contributed by atoms with van der Waals surface area (Å²) < 4.78 is 46.2. The highest BCUT2D eigenvalue weighted by Gasteiger charge is 2.43. The molecule has 2 aliphatic heterocycles. The van der Waals surface area contributed by atoms with Crippen LogP contribution in [0.25, 0.3) is 0 Å². The number of amides is 1. The van der Waals surface area contributed by atoms with Crippen molar-refractivity contribution >= 4 is 11.7 Å². The number of nitrogens with one attached hydrogen (secondary N) is 1. The van der Waals surface area contributed by atoms with E-state index in [1.165, 1.54) is 6.20 Å². The Labute approximate surface area is 204 Å². The van der Waals surface area contributed by atoms with Gasteiger partial charge < -0.3 is 14.5 Å². The summed E-state index contributed by atoms with van der Waals surface area (Å²) in [4.78, 5) is 35.0. The fraction of sp³-hybridized carbons (Fsp3) is 0.522. The van der Waals surface area contributed by atoms with E-state index in [2.05, 4.69) is 10.1 Å². The maximum Gasteiger partial charge on any atom is 0.422 e. The third-order valence-corrected chi connectivity index (χ3v) is 6.99. The van der Waals surface area contributed by atoms with Crippen LogP contribution in [0.15, 0.2) is 23.1 Å². The lowest BCUT2D eigenvalue weighted by atomic mass is 10.1. The van der Waals surface area contributed by atoms with Crippen molar-refractivity contribution in [3.63, 3.8) is 0 Å². The van der Waals surface area contributed by atoms with E-state index in [1.54, 1.807) is 17.0 Å². The first-order valence-electron chi connectivity index (χ1n) is 11.7. The van der Waals surface area contributed by atoms with Crippen LogP contribution in [0, 0.1) is 11.3 Å². The molecule has 0 saturated carbocycles. The first-order chi connectivity index (χ1) is 17.3. The molecule has 0 radical (unpaired) electrons.